The van der Waals surface area contributed by atoms with Gasteiger partial charge in [0.25, 0.3) is 0 Å². The Morgan fingerprint density at radius 2 is 1.90 bits per heavy atom. The zero-order chi connectivity index (χ0) is 7.72. The zero-order valence-corrected chi connectivity index (χ0v) is 6.70. The highest BCUT2D eigenvalue weighted by Gasteiger charge is 2.04. The molecule has 0 saturated carbocycles. The molecule has 0 bridgehead atoms. The van der Waals surface area contributed by atoms with Crippen LogP contribution in [0.2, 0.25) is 5.02 Å². The monoisotopic (exact) mass is 155 g/mol. The largest absolute Gasteiger partial charge is 0.288 e. The topological polar surface area (TPSA) is 19.9 Å². The summed E-state index contributed by atoms with van der Waals surface area (Å²) in [5.74, 6) is -0.0928. The first-order valence-corrected chi connectivity index (χ1v) is 3.43. The third-order valence-corrected chi connectivity index (χ3v) is 2.09. The summed E-state index contributed by atoms with van der Waals surface area (Å²) in [6, 6.07) is 3.27. The van der Waals surface area contributed by atoms with Gasteiger partial charge in [0.15, 0.2) is 5.75 Å². The van der Waals surface area contributed by atoms with E-state index in [0.29, 0.717) is 5.02 Å². The van der Waals surface area contributed by atoms with Crippen LogP contribution in [-0.2, 0) is 5.11 Å². The van der Waals surface area contributed by atoms with E-state index in [1.165, 1.54) is 6.07 Å². The van der Waals surface area contributed by atoms with Crippen LogP contribution >= 0.6 is 11.6 Å². The molecule has 10 heavy (non-hydrogen) atoms. The highest BCUT2D eigenvalue weighted by molar-refractivity contribution is 6.32. The van der Waals surface area contributed by atoms with E-state index in [9.17, 15) is 5.11 Å². The van der Waals surface area contributed by atoms with E-state index in [2.05, 4.69) is 0 Å². The maximum Gasteiger partial charge on any atom is 0.197 e. The summed E-state index contributed by atoms with van der Waals surface area (Å²) in [5.41, 5.74) is 1.94. The third-order valence-electron chi connectivity index (χ3n) is 1.62. The summed E-state index contributed by atoms with van der Waals surface area (Å²) in [6.45, 7) is 3.78. The normalized spacial score (nSPS) is 9.90. The van der Waals surface area contributed by atoms with Crippen molar-refractivity contribution in [3.8, 4) is 5.75 Å². The molecule has 2 heteroatoms. The Balaban J connectivity index is 3.34. The second kappa shape index (κ2) is 2.51. The zero-order valence-electron chi connectivity index (χ0n) is 5.94. The number of halogens is 1. The first kappa shape index (κ1) is 7.42. The van der Waals surface area contributed by atoms with Crippen molar-refractivity contribution in [3.63, 3.8) is 0 Å². The van der Waals surface area contributed by atoms with Gasteiger partial charge in [-0.1, -0.05) is 17.7 Å². The molecule has 0 saturated heterocycles. The van der Waals surface area contributed by atoms with Gasteiger partial charge in [0.05, 0.1) is 5.02 Å². The SMILES string of the molecule is Cc1ccc([O])c(Cl)c1C. The Bertz CT molecular complexity index is 229. The molecule has 0 spiro atoms. The minimum Gasteiger partial charge on any atom is -0.288 e. The van der Waals surface area contributed by atoms with Gasteiger partial charge in [0, 0.05) is 0 Å². The Labute approximate surface area is 65.3 Å². The molecule has 1 aromatic carbocycles. The van der Waals surface area contributed by atoms with Gasteiger partial charge in [0.1, 0.15) is 0 Å². The van der Waals surface area contributed by atoms with Gasteiger partial charge in [-0.25, -0.2) is 0 Å². The molecule has 0 fully saturated rings. The summed E-state index contributed by atoms with van der Waals surface area (Å²) in [5, 5.41) is 11.2. The van der Waals surface area contributed by atoms with Gasteiger partial charge >= 0.3 is 0 Å². The molecule has 0 aliphatic heterocycles. The molecule has 0 unspecified atom stereocenters. The van der Waals surface area contributed by atoms with Gasteiger partial charge in [-0.05, 0) is 31.0 Å². The van der Waals surface area contributed by atoms with Gasteiger partial charge in [-0.3, -0.25) is 5.11 Å². The molecule has 0 atom stereocenters. The van der Waals surface area contributed by atoms with Crippen LogP contribution in [0.3, 0.4) is 0 Å². The molecule has 1 radical (unpaired) electrons. The van der Waals surface area contributed by atoms with Crippen molar-refractivity contribution in [3.05, 3.63) is 28.3 Å². The number of rotatable bonds is 0. The maximum atomic E-state index is 10.9. The summed E-state index contributed by atoms with van der Waals surface area (Å²) in [4.78, 5) is 0. The van der Waals surface area contributed by atoms with Crippen LogP contribution in [0.5, 0.6) is 5.75 Å². The van der Waals surface area contributed by atoms with Gasteiger partial charge in [-0.15, -0.1) is 0 Å². The molecule has 53 valence electrons. The Morgan fingerprint density at radius 1 is 1.30 bits per heavy atom. The average molecular weight is 156 g/mol. The van der Waals surface area contributed by atoms with E-state index in [0.717, 1.165) is 11.1 Å². The molecule has 1 rings (SSSR count). The Kier molecular flexibility index (Phi) is 1.86. The molecule has 0 heterocycles. The lowest BCUT2D eigenvalue weighted by Gasteiger charge is -2.00. The summed E-state index contributed by atoms with van der Waals surface area (Å²) in [7, 11) is 0. The fraction of sp³-hybridized carbons (Fsp3) is 0.250. The summed E-state index contributed by atoms with van der Waals surface area (Å²) < 4.78 is 0. The molecular weight excluding hydrogens is 148 g/mol. The second-order valence-corrected chi connectivity index (χ2v) is 2.70. The Morgan fingerprint density at radius 3 is 2.40 bits per heavy atom. The van der Waals surface area contributed by atoms with E-state index in [-0.39, 0.29) is 5.75 Å². The van der Waals surface area contributed by atoms with Crippen LogP contribution in [0.4, 0.5) is 0 Å². The predicted octanol–water partition coefficient (Wildman–Crippen LogP) is 3.10. The standard InChI is InChI=1S/C8H8ClO/c1-5-3-4-7(10)8(9)6(5)2/h3-4H,1-2H3. The van der Waals surface area contributed by atoms with Crippen LogP contribution in [-0.4, -0.2) is 0 Å². The number of aryl methyl sites for hydroxylation is 1. The molecule has 0 aliphatic rings. The van der Waals surface area contributed by atoms with E-state index in [1.54, 1.807) is 6.07 Å². The number of hydrogen-bond acceptors (Lipinski definition) is 0. The minimum absolute atomic E-state index is 0.0928. The van der Waals surface area contributed by atoms with Crippen molar-refractivity contribution in [1.82, 2.24) is 0 Å². The van der Waals surface area contributed by atoms with E-state index in [4.69, 9.17) is 11.6 Å². The van der Waals surface area contributed by atoms with Crippen LogP contribution in [0.25, 0.3) is 0 Å². The van der Waals surface area contributed by atoms with Gasteiger partial charge in [-0.2, -0.15) is 0 Å². The lowest BCUT2D eigenvalue weighted by Crippen LogP contribution is -1.80. The van der Waals surface area contributed by atoms with Crippen LogP contribution in [0.1, 0.15) is 11.1 Å². The third kappa shape index (κ3) is 1.09. The summed E-state index contributed by atoms with van der Waals surface area (Å²) in [6.07, 6.45) is 0. The molecule has 0 aliphatic carbocycles. The molecule has 0 aromatic heterocycles. The second-order valence-electron chi connectivity index (χ2n) is 2.32. The van der Waals surface area contributed by atoms with Crippen molar-refractivity contribution < 1.29 is 5.11 Å². The van der Waals surface area contributed by atoms with Crippen LogP contribution in [0, 0.1) is 13.8 Å². The first-order chi connectivity index (χ1) is 4.63. The van der Waals surface area contributed by atoms with E-state index < -0.39 is 0 Å². The van der Waals surface area contributed by atoms with E-state index >= 15 is 0 Å². The number of hydrogen-bond donors (Lipinski definition) is 0. The molecule has 0 N–H and O–H groups in total. The van der Waals surface area contributed by atoms with Crippen molar-refractivity contribution >= 4 is 11.6 Å². The summed E-state index contributed by atoms with van der Waals surface area (Å²) >= 11 is 5.67. The fourth-order valence-electron chi connectivity index (χ4n) is 0.757. The van der Waals surface area contributed by atoms with Gasteiger partial charge < -0.3 is 0 Å². The van der Waals surface area contributed by atoms with Gasteiger partial charge in [0.2, 0.25) is 0 Å². The fourth-order valence-corrected chi connectivity index (χ4v) is 0.969. The van der Waals surface area contributed by atoms with Crippen molar-refractivity contribution in [2.75, 3.05) is 0 Å². The molecular formula is C8H8ClO. The van der Waals surface area contributed by atoms with Crippen LogP contribution < -0.4 is 0 Å². The van der Waals surface area contributed by atoms with Crippen molar-refractivity contribution in [2.24, 2.45) is 0 Å². The van der Waals surface area contributed by atoms with Crippen LogP contribution in [0.15, 0.2) is 12.1 Å². The minimum atomic E-state index is -0.0928. The lowest BCUT2D eigenvalue weighted by molar-refractivity contribution is 0.355. The maximum absolute atomic E-state index is 10.9. The predicted molar refractivity (Wildman–Crippen MR) is 41.1 cm³/mol. The highest BCUT2D eigenvalue weighted by atomic mass is 35.5. The Hall–Kier alpha value is -0.690. The first-order valence-electron chi connectivity index (χ1n) is 3.05. The van der Waals surface area contributed by atoms with E-state index in [1.807, 2.05) is 13.8 Å². The number of benzene rings is 1. The average Bonchev–Trinajstić information content (AvgIpc) is 1.93. The molecule has 0 amide bonds. The quantitative estimate of drug-likeness (QED) is 0.549. The molecule has 1 nitrogen and oxygen atoms in total. The molecule has 1 aromatic rings. The van der Waals surface area contributed by atoms with Crippen molar-refractivity contribution in [2.45, 2.75) is 13.8 Å². The van der Waals surface area contributed by atoms with Crippen molar-refractivity contribution in [1.29, 1.82) is 0 Å². The smallest absolute Gasteiger partial charge is 0.197 e. The highest BCUT2D eigenvalue weighted by Crippen LogP contribution is 2.28. The lowest BCUT2D eigenvalue weighted by atomic mass is 10.1.